The summed E-state index contributed by atoms with van der Waals surface area (Å²) in [5.74, 6) is 0.0723. The van der Waals surface area contributed by atoms with Crippen LogP contribution in [0.25, 0.3) is 0 Å². The molecule has 1 aromatic rings. The van der Waals surface area contributed by atoms with Crippen LogP contribution in [-0.2, 0) is 0 Å². The second-order valence-electron chi connectivity index (χ2n) is 5.09. The van der Waals surface area contributed by atoms with E-state index in [0.717, 1.165) is 12.8 Å². The third-order valence-electron chi connectivity index (χ3n) is 3.56. The van der Waals surface area contributed by atoms with E-state index in [-0.39, 0.29) is 24.5 Å². The van der Waals surface area contributed by atoms with E-state index >= 15 is 0 Å². The van der Waals surface area contributed by atoms with Gasteiger partial charge in [0.05, 0.1) is 0 Å². The minimum Gasteiger partial charge on any atom is -0.396 e. The van der Waals surface area contributed by atoms with Gasteiger partial charge in [0, 0.05) is 30.8 Å². The van der Waals surface area contributed by atoms with Crippen LogP contribution in [0.2, 0.25) is 0 Å². The summed E-state index contributed by atoms with van der Waals surface area (Å²) in [6, 6.07) is 6.65. The van der Waals surface area contributed by atoms with E-state index in [1.165, 1.54) is 0 Å². The monoisotopic (exact) mass is 276 g/mol. The molecule has 0 aliphatic heterocycles. The quantitative estimate of drug-likeness (QED) is 0.723. The third-order valence-corrected chi connectivity index (χ3v) is 3.56. The normalized spacial score (nSPS) is 15.5. The standard InChI is InChI=1S/C15H20N2O3/c1-16-14(19)11-3-2-4-12(9-11)15(20)17-13(7-8-18)10-5-6-10/h2-4,9-10,13,18H,5-8H2,1H3,(H,16,19)(H,17,20). The van der Waals surface area contributed by atoms with Gasteiger partial charge in [-0.25, -0.2) is 0 Å². The maximum atomic E-state index is 12.2. The highest BCUT2D eigenvalue weighted by Gasteiger charge is 2.31. The lowest BCUT2D eigenvalue weighted by atomic mass is 10.1. The Labute approximate surface area is 118 Å². The molecule has 1 aliphatic carbocycles. The molecule has 108 valence electrons. The zero-order chi connectivity index (χ0) is 14.5. The molecule has 1 aromatic carbocycles. The molecular formula is C15H20N2O3. The predicted octanol–water partition coefficient (Wildman–Crippen LogP) is 0.937. The first kappa shape index (κ1) is 14.5. The summed E-state index contributed by atoms with van der Waals surface area (Å²) in [7, 11) is 1.56. The predicted molar refractivity (Wildman–Crippen MR) is 75.5 cm³/mol. The zero-order valence-corrected chi connectivity index (χ0v) is 11.6. The number of rotatable bonds is 6. The molecule has 5 heteroatoms. The van der Waals surface area contributed by atoms with Gasteiger partial charge in [0.1, 0.15) is 0 Å². The largest absolute Gasteiger partial charge is 0.396 e. The van der Waals surface area contributed by atoms with Crippen molar-refractivity contribution in [3.63, 3.8) is 0 Å². The Balaban J connectivity index is 2.06. The Bertz CT molecular complexity index is 498. The van der Waals surface area contributed by atoms with Crippen molar-refractivity contribution in [2.45, 2.75) is 25.3 Å². The summed E-state index contributed by atoms with van der Waals surface area (Å²) in [6.45, 7) is 0.0692. The van der Waals surface area contributed by atoms with E-state index in [4.69, 9.17) is 5.11 Å². The van der Waals surface area contributed by atoms with Crippen molar-refractivity contribution in [1.29, 1.82) is 0 Å². The molecule has 1 atom stereocenters. The Kier molecular flexibility index (Phi) is 4.74. The second-order valence-corrected chi connectivity index (χ2v) is 5.09. The molecular weight excluding hydrogens is 256 g/mol. The summed E-state index contributed by atoms with van der Waals surface area (Å²) in [6.07, 6.45) is 2.78. The maximum absolute atomic E-state index is 12.2. The van der Waals surface area contributed by atoms with E-state index in [1.807, 2.05) is 0 Å². The molecule has 5 nitrogen and oxygen atoms in total. The van der Waals surface area contributed by atoms with Crippen LogP contribution in [0.1, 0.15) is 40.0 Å². The number of aliphatic hydroxyl groups excluding tert-OH is 1. The summed E-state index contributed by atoms with van der Waals surface area (Å²) in [4.78, 5) is 23.8. The van der Waals surface area contributed by atoms with Crippen LogP contribution >= 0.6 is 0 Å². The molecule has 0 bridgehead atoms. The first-order chi connectivity index (χ1) is 9.65. The molecule has 1 fully saturated rings. The Morgan fingerprint density at radius 1 is 1.30 bits per heavy atom. The van der Waals surface area contributed by atoms with E-state index in [2.05, 4.69) is 10.6 Å². The van der Waals surface area contributed by atoms with Gasteiger partial charge < -0.3 is 15.7 Å². The smallest absolute Gasteiger partial charge is 0.251 e. The Morgan fingerprint density at radius 2 is 1.95 bits per heavy atom. The summed E-state index contributed by atoms with van der Waals surface area (Å²) >= 11 is 0. The number of hydrogen-bond donors (Lipinski definition) is 3. The lowest BCUT2D eigenvalue weighted by Crippen LogP contribution is -2.37. The highest BCUT2D eigenvalue weighted by molar-refractivity contribution is 5.99. The molecule has 3 N–H and O–H groups in total. The minimum absolute atomic E-state index is 0.0242. The highest BCUT2D eigenvalue weighted by Crippen LogP contribution is 2.34. The number of amides is 2. The number of benzene rings is 1. The summed E-state index contributed by atoms with van der Waals surface area (Å²) < 4.78 is 0. The van der Waals surface area contributed by atoms with Crippen LogP contribution in [0.4, 0.5) is 0 Å². The SMILES string of the molecule is CNC(=O)c1cccc(C(=O)NC(CCO)C2CC2)c1. The molecule has 1 unspecified atom stereocenters. The van der Waals surface area contributed by atoms with Gasteiger partial charge in [0.2, 0.25) is 0 Å². The van der Waals surface area contributed by atoms with E-state index < -0.39 is 0 Å². The van der Waals surface area contributed by atoms with Gasteiger partial charge in [0.15, 0.2) is 0 Å². The Morgan fingerprint density at radius 3 is 2.50 bits per heavy atom. The van der Waals surface area contributed by atoms with Crippen molar-refractivity contribution >= 4 is 11.8 Å². The van der Waals surface area contributed by atoms with Gasteiger partial charge in [-0.05, 0) is 43.4 Å². The highest BCUT2D eigenvalue weighted by atomic mass is 16.3. The van der Waals surface area contributed by atoms with Gasteiger partial charge in [-0.2, -0.15) is 0 Å². The van der Waals surface area contributed by atoms with Crippen LogP contribution in [-0.4, -0.2) is 36.6 Å². The lowest BCUT2D eigenvalue weighted by molar-refractivity contribution is 0.0924. The van der Waals surface area contributed by atoms with Crippen molar-refractivity contribution in [1.82, 2.24) is 10.6 Å². The fraction of sp³-hybridized carbons (Fsp3) is 0.467. The molecule has 1 saturated carbocycles. The zero-order valence-electron chi connectivity index (χ0n) is 11.6. The second kappa shape index (κ2) is 6.52. The molecule has 2 rings (SSSR count). The lowest BCUT2D eigenvalue weighted by Gasteiger charge is -2.17. The van der Waals surface area contributed by atoms with Gasteiger partial charge in [-0.15, -0.1) is 0 Å². The van der Waals surface area contributed by atoms with Gasteiger partial charge in [-0.3, -0.25) is 9.59 Å². The molecule has 0 spiro atoms. The van der Waals surface area contributed by atoms with Crippen LogP contribution in [0, 0.1) is 5.92 Å². The third kappa shape index (κ3) is 3.57. The number of nitrogens with one attached hydrogen (secondary N) is 2. The molecule has 20 heavy (non-hydrogen) atoms. The minimum atomic E-state index is -0.214. The van der Waals surface area contributed by atoms with Crippen LogP contribution < -0.4 is 10.6 Å². The van der Waals surface area contributed by atoms with Crippen molar-refractivity contribution in [3.05, 3.63) is 35.4 Å². The van der Waals surface area contributed by atoms with Gasteiger partial charge in [0.25, 0.3) is 11.8 Å². The number of carbonyl (C=O) groups excluding carboxylic acids is 2. The van der Waals surface area contributed by atoms with Crippen molar-refractivity contribution in [2.24, 2.45) is 5.92 Å². The molecule has 0 heterocycles. The maximum Gasteiger partial charge on any atom is 0.251 e. The van der Waals surface area contributed by atoms with E-state index in [0.29, 0.717) is 23.5 Å². The van der Waals surface area contributed by atoms with Crippen LogP contribution in [0.3, 0.4) is 0 Å². The summed E-state index contributed by atoms with van der Waals surface area (Å²) in [5.41, 5.74) is 0.931. The topological polar surface area (TPSA) is 78.4 Å². The number of carbonyl (C=O) groups is 2. The first-order valence-corrected chi connectivity index (χ1v) is 6.89. The molecule has 0 saturated heterocycles. The fourth-order valence-electron chi connectivity index (χ4n) is 2.26. The molecule has 0 aromatic heterocycles. The Hall–Kier alpha value is -1.88. The molecule has 2 amide bonds. The van der Waals surface area contributed by atoms with E-state index in [9.17, 15) is 9.59 Å². The average molecular weight is 276 g/mol. The molecule has 0 radical (unpaired) electrons. The van der Waals surface area contributed by atoms with E-state index in [1.54, 1.807) is 31.3 Å². The average Bonchev–Trinajstić information content (AvgIpc) is 3.30. The van der Waals surface area contributed by atoms with Crippen molar-refractivity contribution < 1.29 is 14.7 Å². The molecule has 1 aliphatic rings. The van der Waals surface area contributed by atoms with Crippen LogP contribution in [0.15, 0.2) is 24.3 Å². The number of aliphatic hydroxyl groups is 1. The van der Waals surface area contributed by atoms with Gasteiger partial charge in [-0.1, -0.05) is 6.07 Å². The summed E-state index contributed by atoms with van der Waals surface area (Å²) in [5, 5.41) is 14.5. The van der Waals surface area contributed by atoms with Crippen molar-refractivity contribution in [2.75, 3.05) is 13.7 Å². The number of hydrogen-bond acceptors (Lipinski definition) is 3. The first-order valence-electron chi connectivity index (χ1n) is 6.89. The van der Waals surface area contributed by atoms with Crippen LogP contribution in [0.5, 0.6) is 0 Å². The van der Waals surface area contributed by atoms with Crippen molar-refractivity contribution in [3.8, 4) is 0 Å². The fourth-order valence-corrected chi connectivity index (χ4v) is 2.26. The van der Waals surface area contributed by atoms with Gasteiger partial charge >= 0.3 is 0 Å².